The molecule has 0 bridgehead atoms. The summed E-state index contributed by atoms with van der Waals surface area (Å²) in [5.41, 5.74) is 6.03. The number of rotatable bonds is 5. The molecule has 0 aliphatic carbocycles. The number of amides is 1. The topological polar surface area (TPSA) is 81.6 Å². The van der Waals surface area contributed by atoms with Crippen LogP contribution in [0.1, 0.15) is 35.5 Å². The largest absolute Gasteiger partial charge is 0.482 e. The second kappa shape index (κ2) is 8.08. The molecular weight excluding hydrogens is 365 g/mol. The molecule has 2 aromatic rings. The monoisotopic (exact) mass is 383 g/mol. The second-order valence-electron chi connectivity index (χ2n) is 5.90. The minimum absolute atomic E-state index is 0.0552. The molecule has 1 aromatic carbocycles. The lowest BCUT2D eigenvalue weighted by Gasteiger charge is -2.34. The lowest BCUT2D eigenvalue weighted by molar-refractivity contribution is 0.0612. The van der Waals surface area contributed by atoms with Crippen LogP contribution in [0.5, 0.6) is 5.75 Å². The van der Waals surface area contributed by atoms with Gasteiger partial charge in [0.15, 0.2) is 17.2 Å². The summed E-state index contributed by atoms with van der Waals surface area (Å²) in [6.07, 6.45) is 2.98. The molecule has 0 saturated carbocycles. The van der Waals surface area contributed by atoms with E-state index in [9.17, 15) is 4.79 Å². The van der Waals surface area contributed by atoms with Gasteiger partial charge in [0, 0.05) is 25.2 Å². The molecule has 1 unspecified atom stereocenters. The summed E-state index contributed by atoms with van der Waals surface area (Å²) in [6.45, 7) is 1.21. The van der Waals surface area contributed by atoms with Crippen LogP contribution in [-0.4, -0.2) is 35.1 Å². The van der Waals surface area contributed by atoms with E-state index in [4.69, 9.17) is 38.2 Å². The van der Waals surface area contributed by atoms with Crippen LogP contribution in [0.4, 0.5) is 0 Å². The van der Waals surface area contributed by atoms with Gasteiger partial charge in [-0.25, -0.2) is 0 Å². The smallest absolute Gasteiger partial charge is 0.276 e. The third-order valence-electron chi connectivity index (χ3n) is 4.22. The quantitative estimate of drug-likeness (QED) is 0.853. The van der Waals surface area contributed by atoms with Crippen LogP contribution >= 0.6 is 23.2 Å². The van der Waals surface area contributed by atoms with Crippen molar-refractivity contribution in [1.29, 1.82) is 0 Å². The first-order valence-corrected chi connectivity index (χ1v) is 8.89. The van der Waals surface area contributed by atoms with Gasteiger partial charge in [-0.15, -0.1) is 0 Å². The van der Waals surface area contributed by atoms with E-state index in [1.165, 1.54) is 0 Å². The normalized spacial score (nSPS) is 17.6. The number of hydrogen-bond acceptors (Lipinski definition) is 5. The Morgan fingerprint density at radius 3 is 2.84 bits per heavy atom. The maximum Gasteiger partial charge on any atom is 0.276 e. The Bertz CT molecular complexity index is 730. The van der Waals surface area contributed by atoms with Gasteiger partial charge < -0.3 is 19.9 Å². The van der Waals surface area contributed by atoms with Crippen molar-refractivity contribution in [2.24, 2.45) is 5.73 Å². The molecule has 134 valence electrons. The second-order valence-corrected chi connectivity index (χ2v) is 6.72. The van der Waals surface area contributed by atoms with Gasteiger partial charge in [-0.3, -0.25) is 4.79 Å². The number of aromatic nitrogens is 1. The van der Waals surface area contributed by atoms with Crippen molar-refractivity contribution in [2.45, 2.75) is 31.9 Å². The highest BCUT2D eigenvalue weighted by atomic mass is 35.5. The minimum Gasteiger partial charge on any atom is -0.482 e. The molecule has 3 rings (SSSR count). The number of halogens is 2. The Morgan fingerprint density at radius 2 is 2.12 bits per heavy atom. The van der Waals surface area contributed by atoms with Crippen molar-refractivity contribution in [2.75, 3.05) is 13.1 Å². The van der Waals surface area contributed by atoms with E-state index in [0.29, 0.717) is 34.6 Å². The zero-order valence-corrected chi connectivity index (χ0v) is 15.1. The highest BCUT2D eigenvalue weighted by Crippen LogP contribution is 2.33. The van der Waals surface area contributed by atoms with E-state index in [2.05, 4.69) is 5.16 Å². The first kappa shape index (κ1) is 18.0. The highest BCUT2D eigenvalue weighted by Gasteiger charge is 2.28. The summed E-state index contributed by atoms with van der Waals surface area (Å²) < 4.78 is 10.8. The van der Waals surface area contributed by atoms with Crippen LogP contribution < -0.4 is 10.5 Å². The van der Waals surface area contributed by atoms with E-state index in [-0.39, 0.29) is 24.2 Å². The molecule has 1 aromatic heterocycles. The minimum atomic E-state index is -0.166. The molecule has 1 amide bonds. The molecule has 2 N–H and O–H groups in total. The van der Waals surface area contributed by atoms with Crippen LogP contribution in [-0.2, 0) is 6.61 Å². The standard InChI is InChI=1S/C17H19Cl2N3O3/c18-13-5-3-6-14(19)16(13)24-10-12-8-15(21-25-12)17(23)22-7-2-1-4-11(22)9-20/h3,5-6,8,11H,1-2,4,7,9-10,20H2. The predicted molar refractivity (Wildman–Crippen MR) is 95.0 cm³/mol. The van der Waals surface area contributed by atoms with Crippen LogP contribution in [0, 0.1) is 0 Å². The number of piperidine rings is 1. The number of carbonyl (C=O) groups excluding carboxylic acids is 1. The van der Waals surface area contributed by atoms with Gasteiger partial charge in [0.1, 0.15) is 6.61 Å². The fourth-order valence-electron chi connectivity index (χ4n) is 2.91. The molecular formula is C17H19Cl2N3O3. The van der Waals surface area contributed by atoms with Crippen molar-refractivity contribution in [1.82, 2.24) is 10.1 Å². The summed E-state index contributed by atoms with van der Waals surface area (Å²) in [6, 6.07) is 6.73. The lowest BCUT2D eigenvalue weighted by atomic mass is 10.0. The van der Waals surface area contributed by atoms with Gasteiger partial charge in [0.05, 0.1) is 10.0 Å². The van der Waals surface area contributed by atoms with E-state index >= 15 is 0 Å². The Morgan fingerprint density at radius 1 is 1.36 bits per heavy atom. The third kappa shape index (κ3) is 4.08. The Labute approximate surface area is 155 Å². The summed E-state index contributed by atoms with van der Waals surface area (Å²) in [5, 5.41) is 4.67. The summed E-state index contributed by atoms with van der Waals surface area (Å²) in [4.78, 5) is 14.4. The van der Waals surface area contributed by atoms with E-state index in [1.807, 2.05) is 0 Å². The number of carbonyl (C=O) groups is 1. The average Bonchev–Trinajstić information content (AvgIpc) is 3.09. The number of nitrogens with two attached hydrogens (primary N) is 1. The van der Waals surface area contributed by atoms with E-state index in [1.54, 1.807) is 29.2 Å². The number of likely N-dealkylation sites (tertiary alicyclic amines) is 1. The lowest BCUT2D eigenvalue weighted by Crippen LogP contribution is -2.47. The molecule has 1 aliphatic heterocycles. The number of nitrogens with zero attached hydrogens (tertiary/aromatic N) is 2. The first-order chi connectivity index (χ1) is 12.1. The van der Waals surface area contributed by atoms with Crippen LogP contribution in [0.25, 0.3) is 0 Å². The number of ether oxygens (including phenoxy) is 1. The summed E-state index contributed by atoms with van der Waals surface area (Å²) in [5.74, 6) is 0.621. The Kier molecular flexibility index (Phi) is 5.83. The number of para-hydroxylation sites is 1. The van der Waals surface area contributed by atoms with Gasteiger partial charge in [-0.2, -0.15) is 0 Å². The Hall–Kier alpha value is -1.76. The predicted octanol–water partition coefficient (Wildman–Crippen LogP) is 3.51. The molecule has 1 fully saturated rings. The van der Waals surface area contributed by atoms with Crippen LogP contribution in [0.2, 0.25) is 10.0 Å². The maximum atomic E-state index is 12.6. The zero-order valence-electron chi connectivity index (χ0n) is 13.6. The molecule has 25 heavy (non-hydrogen) atoms. The molecule has 1 saturated heterocycles. The molecule has 8 heteroatoms. The molecule has 0 radical (unpaired) electrons. The van der Waals surface area contributed by atoms with Crippen LogP contribution in [0.3, 0.4) is 0 Å². The summed E-state index contributed by atoms with van der Waals surface area (Å²) >= 11 is 12.1. The fourth-order valence-corrected chi connectivity index (χ4v) is 3.41. The average molecular weight is 384 g/mol. The molecule has 0 spiro atoms. The van der Waals surface area contributed by atoms with E-state index in [0.717, 1.165) is 19.3 Å². The van der Waals surface area contributed by atoms with Crippen molar-refractivity contribution >= 4 is 29.1 Å². The van der Waals surface area contributed by atoms with Crippen molar-refractivity contribution in [3.63, 3.8) is 0 Å². The zero-order chi connectivity index (χ0) is 17.8. The first-order valence-electron chi connectivity index (χ1n) is 8.13. The van der Waals surface area contributed by atoms with Gasteiger partial charge >= 0.3 is 0 Å². The third-order valence-corrected chi connectivity index (χ3v) is 4.81. The van der Waals surface area contributed by atoms with Crippen LogP contribution in [0.15, 0.2) is 28.8 Å². The van der Waals surface area contributed by atoms with Crippen molar-refractivity contribution in [3.05, 3.63) is 45.8 Å². The van der Waals surface area contributed by atoms with Gasteiger partial charge in [0.25, 0.3) is 5.91 Å². The number of hydrogen-bond donors (Lipinski definition) is 1. The molecule has 2 heterocycles. The highest BCUT2D eigenvalue weighted by molar-refractivity contribution is 6.37. The van der Waals surface area contributed by atoms with Gasteiger partial charge in [0.2, 0.25) is 0 Å². The Balaban J connectivity index is 1.67. The number of benzene rings is 1. The molecule has 1 atom stereocenters. The van der Waals surface area contributed by atoms with Crippen molar-refractivity contribution in [3.8, 4) is 5.75 Å². The fraction of sp³-hybridized carbons (Fsp3) is 0.412. The SMILES string of the molecule is NCC1CCCCN1C(=O)c1cc(COc2c(Cl)cccc2Cl)on1. The maximum absolute atomic E-state index is 12.6. The summed E-state index contributed by atoms with van der Waals surface area (Å²) in [7, 11) is 0. The van der Waals surface area contributed by atoms with Gasteiger partial charge in [-0.1, -0.05) is 34.4 Å². The van der Waals surface area contributed by atoms with Crippen molar-refractivity contribution < 1.29 is 14.1 Å². The van der Waals surface area contributed by atoms with Gasteiger partial charge in [-0.05, 0) is 31.4 Å². The van der Waals surface area contributed by atoms with E-state index < -0.39 is 0 Å². The molecule has 6 nitrogen and oxygen atoms in total. The molecule has 1 aliphatic rings.